The summed E-state index contributed by atoms with van der Waals surface area (Å²) in [7, 11) is 0. The molecule has 0 saturated heterocycles. The summed E-state index contributed by atoms with van der Waals surface area (Å²) in [5.74, 6) is 5.20. The van der Waals surface area contributed by atoms with Crippen LogP contribution in [-0.4, -0.2) is 17.6 Å². The summed E-state index contributed by atoms with van der Waals surface area (Å²) in [6.07, 6.45) is 0. The third-order valence-electron chi connectivity index (χ3n) is 2.90. The first-order chi connectivity index (χ1) is 10.1. The number of benzene rings is 2. The van der Waals surface area contributed by atoms with Crippen LogP contribution in [0.1, 0.15) is 21.5 Å². The molecule has 2 aromatic rings. The van der Waals surface area contributed by atoms with Crippen LogP contribution in [0.5, 0.6) is 0 Å². The van der Waals surface area contributed by atoms with Gasteiger partial charge >= 0.3 is 0 Å². The molecule has 0 aliphatic heterocycles. The minimum absolute atomic E-state index is 0.208. The van der Waals surface area contributed by atoms with Gasteiger partial charge in [0.15, 0.2) is 0 Å². The van der Waals surface area contributed by atoms with Gasteiger partial charge in [-0.15, -0.1) is 0 Å². The van der Waals surface area contributed by atoms with E-state index in [1.54, 1.807) is 36.4 Å². The van der Waals surface area contributed by atoms with Crippen molar-refractivity contribution in [2.75, 3.05) is 11.9 Å². The van der Waals surface area contributed by atoms with Crippen molar-refractivity contribution in [1.29, 1.82) is 0 Å². The van der Waals surface area contributed by atoms with Crippen molar-refractivity contribution in [1.82, 2.24) is 0 Å². The molecule has 2 N–H and O–H groups in total. The summed E-state index contributed by atoms with van der Waals surface area (Å²) in [6.45, 7) is 1.70. The highest BCUT2D eigenvalue weighted by atomic mass is 35.5. The normalized spacial score (nSPS) is 9.67. The Kier molecular flexibility index (Phi) is 4.99. The summed E-state index contributed by atoms with van der Waals surface area (Å²) >= 11 is 5.80. The van der Waals surface area contributed by atoms with E-state index in [2.05, 4.69) is 17.2 Å². The molecule has 0 unspecified atom stereocenters. The molecule has 3 nitrogen and oxygen atoms in total. The molecule has 0 aliphatic carbocycles. The quantitative estimate of drug-likeness (QED) is 0.836. The van der Waals surface area contributed by atoms with E-state index in [1.807, 2.05) is 13.0 Å². The van der Waals surface area contributed by atoms with E-state index in [9.17, 15) is 4.79 Å². The first-order valence-corrected chi connectivity index (χ1v) is 6.75. The molecular weight excluding hydrogens is 286 g/mol. The number of rotatable bonds is 2. The van der Waals surface area contributed by atoms with Crippen LogP contribution in [0.3, 0.4) is 0 Å². The summed E-state index contributed by atoms with van der Waals surface area (Å²) in [5.41, 5.74) is 2.87. The Labute approximate surface area is 128 Å². The highest BCUT2D eigenvalue weighted by Crippen LogP contribution is 2.16. The highest BCUT2D eigenvalue weighted by molar-refractivity contribution is 6.30. The number of carbonyl (C=O) groups excluding carboxylic acids is 1. The molecule has 0 spiro atoms. The van der Waals surface area contributed by atoms with Crippen molar-refractivity contribution in [3.8, 4) is 11.8 Å². The van der Waals surface area contributed by atoms with Gasteiger partial charge in [-0.3, -0.25) is 4.79 Å². The Balaban J connectivity index is 2.21. The number of hydrogen-bond donors (Lipinski definition) is 2. The van der Waals surface area contributed by atoms with E-state index in [1.165, 1.54) is 0 Å². The molecule has 0 bridgehead atoms. The fraction of sp³-hybridized carbons (Fsp3) is 0.118. The lowest BCUT2D eigenvalue weighted by atomic mass is 10.0. The van der Waals surface area contributed by atoms with Gasteiger partial charge in [0.05, 0.1) is 0 Å². The molecule has 0 fully saturated rings. The third-order valence-corrected chi connectivity index (χ3v) is 3.16. The summed E-state index contributed by atoms with van der Waals surface area (Å²) in [6, 6.07) is 12.2. The van der Waals surface area contributed by atoms with E-state index in [-0.39, 0.29) is 12.5 Å². The molecule has 0 radical (unpaired) electrons. The van der Waals surface area contributed by atoms with Gasteiger partial charge in [-0.1, -0.05) is 29.5 Å². The number of anilines is 1. The van der Waals surface area contributed by atoms with Crippen LogP contribution >= 0.6 is 11.6 Å². The molecule has 4 heteroatoms. The van der Waals surface area contributed by atoms with Crippen LogP contribution in [0.2, 0.25) is 5.02 Å². The van der Waals surface area contributed by atoms with Crippen molar-refractivity contribution < 1.29 is 9.90 Å². The van der Waals surface area contributed by atoms with Crippen molar-refractivity contribution in [2.45, 2.75) is 6.92 Å². The second kappa shape index (κ2) is 6.94. The first kappa shape index (κ1) is 15.1. The zero-order chi connectivity index (χ0) is 15.2. The molecule has 2 rings (SSSR count). The number of aliphatic hydroxyl groups excluding tert-OH is 1. The molecule has 0 heterocycles. The largest absolute Gasteiger partial charge is 0.384 e. The maximum absolute atomic E-state index is 12.2. The maximum atomic E-state index is 12.2. The van der Waals surface area contributed by atoms with Gasteiger partial charge in [-0.25, -0.2) is 0 Å². The van der Waals surface area contributed by atoms with Crippen molar-refractivity contribution in [2.24, 2.45) is 0 Å². The summed E-state index contributed by atoms with van der Waals surface area (Å²) in [5, 5.41) is 12.2. The molecule has 0 saturated carbocycles. The molecule has 1 amide bonds. The van der Waals surface area contributed by atoms with Gasteiger partial charge in [0.1, 0.15) is 6.61 Å². The Morgan fingerprint density at radius 1 is 1.24 bits per heavy atom. The Hall–Kier alpha value is -2.28. The van der Waals surface area contributed by atoms with E-state index < -0.39 is 0 Å². The van der Waals surface area contributed by atoms with Crippen LogP contribution in [0, 0.1) is 18.8 Å². The molecular formula is C17H14ClNO2. The van der Waals surface area contributed by atoms with Crippen LogP contribution in [0.15, 0.2) is 42.5 Å². The molecule has 0 aromatic heterocycles. The number of amides is 1. The Morgan fingerprint density at radius 3 is 2.62 bits per heavy atom. The summed E-state index contributed by atoms with van der Waals surface area (Å²) < 4.78 is 0. The second-order valence-electron chi connectivity index (χ2n) is 4.45. The van der Waals surface area contributed by atoms with Crippen molar-refractivity contribution in [3.05, 3.63) is 64.2 Å². The number of hydrogen-bond acceptors (Lipinski definition) is 2. The predicted octanol–water partition coefficient (Wildman–Crippen LogP) is 3.24. The Bertz CT molecular complexity index is 712. The van der Waals surface area contributed by atoms with Crippen LogP contribution in [-0.2, 0) is 0 Å². The fourth-order valence-corrected chi connectivity index (χ4v) is 1.90. The van der Waals surface area contributed by atoms with Crippen molar-refractivity contribution in [3.63, 3.8) is 0 Å². The zero-order valence-corrected chi connectivity index (χ0v) is 12.2. The van der Waals surface area contributed by atoms with Crippen LogP contribution in [0.25, 0.3) is 0 Å². The monoisotopic (exact) mass is 299 g/mol. The van der Waals surface area contributed by atoms with Crippen LogP contribution in [0.4, 0.5) is 5.69 Å². The minimum atomic E-state index is -0.218. The lowest BCUT2D eigenvalue weighted by Crippen LogP contribution is -2.12. The number of aliphatic hydroxyl groups is 1. The smallest absolute Gasteiger partial charge is 0.255 e. The molecule has 2 aromatic carbocycles. The van der Waals surface area contributed by atoms with Gasteiger partial charge in [0.25, 0.3) is 5.91 Å². The van der Waals surface area contributed by atoms with Crippen molar-refractivity contribution >= 4 is 23.2 Å². The lowest BCUT2D eigenvalue weighted by molar-refractivity contribution is 0.102. The second-order valence-corrected chi connectivity index (χ2v) is 4.89. The molecule has 21 heavy (non-hydrogen) atoms. The van der Waals surface area contributed by atoms with Gasteiger partial charge in [0, 0.05) is 21.8 Å². The predicted molar refractivity (Wildman–Crippen MR) is 84.5 cm³/mol. The van der Waals surface area contributed by atoms with E-state index in [0.717, 1.165) is 11.1 Å². The minimum Gasteiger partial charge on any atom is -0.384 e. The standard InChI is InChI=1S/C17H14ClNO2/c1-12-4-5-14(11-13(12)3-2-10-20)17(21)19-16-8-6-15(18)7-9-16/h4-9,11,20H,10H2,1H3,(H,19,21). The number of halogens is 1. The summed E-state index contributed by atoms with van der Waals surface area (Å²) in [4.78, 5) is 12.2. The Morgan fingerprint density at radius 2 is 1.95 bits per heavy atom. The topological polar surface area (TPSA) is 49.3 Å². The zero-order valence-electron chi connectivity index (χ0n) is 11.5. The average molecular weight is 300 g/mol. The van der Waals surface area contributed by atoms with Gasteiger partial charge in [0.2, 0.25) is 0 Å². The SMILES string of the molecule is Cc1ccc(C(=O)Nc2ccc(Cl)cc2)cc1C#CCO. The third kappa shape index (κ3) is 4.09. The van der Waals surface area contributed by atoms with Gasteiger partial charge in [-0.05, 0) is 48.9 Å². The fourth-order valence-electron chi connectivity index (χ4n) is 1.77. The van der Waals surface area contributed by atoms with E-state index in [0.29, 0.717) is 16.3 Å². The number of nitrogens with one attached hydrogen (secondary N) is 1. The van der Waals surface area contributed by atoms with Gasteiger partial charge in [-0.2, -0.15) is 0 Å². The number of carbonyl (C=O) groups is 1. The van der Waals surface area contributed by atoms with Gasteiger partial charge < -0.3 is 10.4 Å². The molecule has 0 atom stereocenters. The highest BCUT2D eigenvalue weighted by Gasteiger charge is 2.07. The molecule has 0 aliphatic rings. The van der Waals surface area contributed by atoms with E-state index in [4.69, 9.17) is 16.7 Å². The van der Waals surface area contributed by atoms with Crippen LogP contribution < -0.4 is 5.32 Å². The lowest BCUT2D eigenvalue weighted by Gasteiger charge is -2.07. The first-order valence-electron chi connectivity index (χ1n) is 6.37. The average Bonchev–Trinajstić information content (AvgIpc) is 2.48. The number of aryl methyl sites for hydroxylation is 1. The molecule has 106 valence electrons. The van der Waals surface area contributed by atoms with E-state index >= 15 is 0 Å². The maximum Gasteiger partial charge on any atom is 0.255 e.